The fraction of sp³-hybridized carbons (Fsp3) is 0.409. The number of nitrogen functional groups attached to an aromatic ring is 1. The third-order valence-electron chi connectivity index (χ3n) is 5.76. The van der Waals surface area contributed by atoms with Gasteiger partial charge in [0.05, 0.1) is 11.1 Å². The standard InChI is InChI=1S/C22H26N4O/c1-15-9-11-26(12-10-16-5-3-2-4-6-16)21(27)20(15)17-7-8-19-18(13-17)14-24-22(23)25-19/h7-9,11,13-14,16H,2-6,10,12H2,1H3,(H2,23,24,25). The zero-order valence-electron chi connectivity index (χ0n) is 15.8. The smallest absolute Gasteiger partial charge is 0.258 e. The summed E-state index contributed by atoms with van der Waals surface area (Å²) in [5.74, 6) is 1.02. The van der Waals surface area contributed by atoms with Crippen LogP contribution in [0.5, 0.6) is 0 Å². The first kappa shape index (κ1) is 17.7. The Bertz CT molecular complexity index is 1020. The molecule has 0 spiro atoms. The van der Waals surface area contributed by atoms with E-state index in [1.165, 1.54) is 32.1 Å². The topological polar surface area (TPSA) is 73.8 Å². The summed E-state index contributed by atoms with van der Waals surface area (Å²) in [6, 6.07) is 7.87. The molecule has 5 heteroatoms. The van der Waals surface area contributed by atoms with E-state index < -0.39 is 0 Å². The van der Waals surface area contributed by atoms with Crippen molar-refractivity contribution in [3.8, 4) is 11.1 Å². The van der Waals surface area contributed by atoms with Gasteiger partial charge in [-0.05, 0) is 48.6 Å². The summed E-state index contributed by atoms with van der Waals surface area (Å²) in [5.41, 5.74) is 9.20. The Hall–Kier alpha value is -2.69. The summed E-state index contributed by atoms with van der Waals surface area (Å²) in [7, 11) is 0. The van der Waals surface area contributed by atoms with E-state index in [1.807, 2.05) is 42.0 Å². The molecule has 0 unspecified atom stereocenters. The molecule has 1 aliphatic carbocycles. The van der Waals surface area contributed by atoms with Crippen LogP contribution in [0.4, 0.5) is 5.95 Å². The minimum atomic E-state index is 0.0847. The van der Waals surface area contributed by atoms with Crippen molar-refractivity contribution in [2.45, 2.75) is 52.0 Å². The highest BCUT2D eigenvalue weighted by molar-refractivity contribution is 5.84. The molecule has 27 heavy (non-hydrogen) atoms. The second-order valence-corrected chi connectivity index (χ2v) is 7.67. The molecule has 140 valence electrons. The van der Waals surface area contributed by atoms with Gasteiger partial charge in [-0.1, -0.05) is 38.2 Å². The van der Waals surface area contributed by atoms with Gasteiger partial charge < -0.3 is 10.3 Å². The number of aryl methyl sites for hydroxylation is 2. The van der Waals surface area contributed by atoms with Gasteiger partial charge in [-0.2, -0.15) is 0 Å². The Labute approximate surface area is 159 Å². The highest BCUT2D eigenvalue weighted by Crippen LogP contribution is 2.27. The molecular formula is C22H26N4O. The van der Waals surface area contributed by atoms with E-state index in [4.69, 9.17) is 5.73 Å². The van der Waals surface area contributed by atoms with Crippen LogP contribution in [0.2, 0.25) is 0 Å². The number of hydrogen-bond donors (Lipinski definition) is 1. The number of nitrogens with two attached hydrogens (primary N) is 1. The Balaban J connectivity index is 1.66. The maximum absolute atomic E-state index is 13.2. The molecule has 1 aromatic carbocycles. The van der Waals surface area contributed by atoms with Crippen molar-refractivity contribution in [1.29, 1.82) is 0 Å². The van der Waals surface area contributed by atoms with Crippen LogP contribution < -0.4 is 11.3 Å². The van der Waals surface area contributed by atoms with Gasteiger partial charge in [-0.3, -0.25) is 4.79 Å². The van der Waals surface area contributed by atoms with Gasteiger partial charge in [0.15, 0.2) is 0 Å². The Morgan fingerprint density at radius 1 is 1.19 bits per heavy atom. The first-order chi connectivity index (χ1) is 13.1. The summed E-state index contributed by atoms with van der Waals surface area (Å²) in [6.45, 7) is 2.79. The van der Waals surface area contributed by atoms with E-state index in [0.29, 0.717) is 0 Å². The monoisotopic (exact) mass is 362 g/mol. The quantitative estimate of drug-likeness (QED) is 0.750. The molecule has 0 amide bonds. The van der Waals surface area contributed by atoms with Gasteiger partial charge in [0.25, 0.3) is 5.56 Å². The first-order valence-corrected chi connectivity index (χ1v) is 9.84. The van der Waals surface area contributed by atoms with Gasteiger partial charge in [0, 0.05) is 24.3 Å². The van der Waals surface area contributed by atoms with Crippen LogP contribution in [0, 0.1) is 12.8 Å². The number of aromatic nitrogens is 3. The highest BCUT2D eigenvalue weighted by Gasteiger charge is 2.15. The molecule has 0 saturated heterocycles. The van der Waals surface area contributed by atoms with E-state index in [0.717, 1.165) is 46.5 Å². The Morgan fingerprint density at radius 2 is 2.00 bits per heavy atom. The largest absolute Gasteiger partial charge is 0.368 e. The molecule has 0 radical (unpaired) electrons. The van der Waals surface area contributed by atoms with Crippen molar-refractivity contribution < 1.29 is 0 Å². The SMILES string of the molecule is Cc1ccn(CCC2CCCCC2)c(=O)c1-c1ccc2nc(N)ncc2c1. The van der Waals surface area contributed by atoms with Crippen molar-refractivity contribution in [2.24, 2.45) is 5.92 Å². The fourth-order valence-electron chi connectivity index (χ4n) is 4.19. The van der Waals surface area contributed by atoms with E-state index in [-0.39, 0.29) is 11.5 Å². The number of nitrogens with zero attached hydrogens (tertiary/aromatic N) is 3. The number of pyridine rings is 1. The second-order valence-electron chi connectivity index (χ2n) is 7.67. The van der Waals surface area contributed by atoms with Crippen LogP contribution in [-0.2, 0) is 6.54 Å². The van der Waals surface area contributed by atoms with Gasteiger partial charge in [-0.15, -0.1) is 0 Å². The predicted molar refractivity (Wildman–Crippen MR) is 110 cm³/mol. The third-order valence-corrected chi connectivity index (χ3v) is 5.76. The summed E-state index contributed by atoms with van der Waals surface area (Å²) >= 11 is 0. The van der Waals surface area contributed by atoms with Gasteiger partial charge in [0.1, 0.15) is 0 Å². The zero-order chi connectivity index (χ0) is 18.8. The van der Waals surface area contributed by atoms with Crippen molar-refractivity contribution >= 4 is 16.9 Å². The lowest BCUT2D eigenvalue weighted by atomic mass is 9.87. The molecule has 1 fully saturated rings. The molecule has 2 aromatic heterocycles. The Morgan fingerprint density at radius 3 is 2.81 bits per heavy atom. The van der Waals surface area contributed by atoms with Crippen LogP contribution >= 0.6 is 0 Å². The number of fused-ring (bicyclic) bond motifs is 1. The van der Waals surface area contributed by atoms with Crippen molar-refractivity contribution in [1.82, 2.24) is 14.5 Å². The molecule has 0 atom stereocenters. The minimum absolute atomic E-state index is 0.0847. The van der Waals surface area contributed by atoms with Crippen molar-refractivity contribution in [3.05, 3.63) is 52.6 Å². The van der Waals surface area contributed by atoms with E-state index in [2.05, 4.69) is 9.97 Å². The molecule has 0 bridgehead atoms. The number of rotatable bonds is 4. The van der Waals surface area contributed by atoms with Crippen LogP contribution in [0.3, 0.4) is 0 Å². The van der Waals surface area contributed by atoms with Gasteiger partial charge in [0.2, 0.25) is 5.95 Å². The van der Waals surface area contributed by atoms with Crippen LogP contribution in [-0.4, -0.2) is 14.5 Å². The minimum Gasteiger partial charge on any atom is -0.368 e. The summed E-state index contributed by atoms with van der Waals surface area (Å²) < 4.78 is 1.88. The predicted octanol–water partition coefficient (Wildman–Crippen LogP) is 4.32. The fourth-order valence-corrected chi connectivity index (χ4v) is 4.19. The maximum Gasteiger partial charge on any atom is 0.258 e. The lowest BCUT2D eigenvalue weighted by Gasteiger charge is -2.22. The molecule has 2 N–H and O–H groups in total. The van der Waals surface area contributed by atoms with Crippen LogP contribution in [0.15, 0.2) is 41.5 Å². The van der Waals surface area contributed by atoms with Gasteiger partial charge in [-0.25, -0.2) is 9.97 Å². The molecular weight excluding hydrogens is 336 g/mol. The van der Waals surface area contributed by atoms with E-state index in [9.17, 15) is 4.79 Å². The maximum atomic E-state index is 13.2. The molecule has 5 nitrogen and oxygen atoms in total. The van der Waals surface area contributed by atoms with E-state index >= 15 is 0 Å². The van der Waals surface area contributed by atoms with Crippen LogP contribution in [0.25, 0.3) is 22.0 Å². The lowest BCUT2D eigenvalue weighted by Crippen LogP contribution is -2.23. The highest BCUT2D eigenvalue weighted by atomic mass is 16.1. The summed E-state index contributed by atoms with van der Waals surface area (Å²) in [5, 5.41) is 0.887. The summed E-state index contributed by atoms with van der Waals surface area (Å²) in [6.07, 6.45) is 11.4. The average Bonchev–Trinajstić information content (AvgIpc) is 2.68. The third kappa shape index (κ3) is 3.72. The van der Waals surface area contributed by atoms with Crippen LogP contribution in [0.1, 0.15) is 44.1 Å². The molecule has 1 saturated carbocycles. The zero-order valence-corrected chi connectivity index (χ0v) is 15.8. The molecule has 3 aromatic rings. The molecule has 1 aliphatic rings. The Kier molecular flexibility index (Phi) is 4.92. The van der Waals surface area contributed by atoms with Crippen molar-refractivity contribution in [3.63, 3.8) is 0 Å². The summed E-state index contributed by atoms with van der Waals surface area (Å²) in [4.78, 5) is 21.5. The van der Waals surface area contributed by atoms with Crippen molar-refractivity contribution in [2.75, 3.05) is 5.73 Å². The second kappa shape index (κ2) is 7.51. The number of hydrogen-bond acceptors (Lipinski definition) is 4. The average molecular weight is 362 g/mol. The normalized spacial score (nSPS) is 15.3. The van der Waals surface area contributed by atoms with Gasteiger partial charge >= 0.3 is 0 Å². The number of anilines is 1. The molecule has 2 heterocycles. The van der Waals surface area contributed by atoms with E-state index in [1.54, 1.807) is 6.20 Å². The molecule has 0 aliphatic heterocycles. The molecule has 4 rings (SSSR count). The number of benzene rings is 1. The lowest BCUT2D eigenvalue weighted by molar-refractivity contribution is 0.322. The first-order valence-electron chi connectivity index (χ1n) is 9.84.